The first-order valence-electron chi connectivity index (χ1n) is 5.85. The molecule has 1 aromatic heterocycles. The zero-order valence-electron chi connectivity index (χ0n) is 10.1. The van der Waals surface area contributed by atoms with Gasteiger partial charge in [0.15, 0.2) is 6.29 Å². The van der Waals surface area contributed by atoms with Crippen LogP contribution in [0.4, 0.5) is 5.69 Å². The minimum absolute atomic E-state index is 0.128. The number of nitrogens with zero attached hydrogens (tertiary/aromatic N) is 2. The van der Waals surface area contributed by atoms with E-state index in [1.165, 1.54) is 16.8 Å². The van der Waals surface area contributed by atoms with Gasteiger partial charge in [0, 0.05) is 19.0 Å². The Morgan fingerprint density at radius 3 is 2.79 bits per heavy atom. The van der Waals surface area contributed by atoms with Crippen LogP contribution in [-0.2, 0) is 16.0 Å². The molecule has 1 fully saturated rings. The second kappa shape index (κ2) is 6.27. The molecule has 0 unspecified atom stereocenters. The molecular weight excluding hydrogens is 320 g/mol. The van der Waals surface area contributed by atoms with Crippen LogP contribution < -0.4 is 5.56 Å². The van der Waals surface area contributed by atoms with Gasteiger partial charge in [-0.05, 0) is 22.4 Å². The lowest BCUT2D eigenvalue weighted by Gasteiger charge is -2.23. The second-order valence-electron chi connectivity index (χ2n) is 4.12. The Kier molecular flexibility index (Phi) is 4.67. The maximum absolute atomic E-state index is 11.8. The summed E-state index contributed by atoms with van der Waals surface area (Å²) in [6.45, 7) is 1.58. The summed E-state index contributed by atoms with van der Waals surface area (Å²) < 4.78 is 12.2. The Bertz CT molecular complexity index is 524. The summed E-state index contributed by atoms with van der Waals surface area (Å²) in [5.74, 6) is 0. The molecule has 19 heavy (non-hydrogen) atoms. The van der Waals surface area contributed by atoms with Crippen LogP contribution in [0.15, 0.2) is 21.5 Å². The number of pyridine rings is 1. The van der Waals surface area contributed by atoms with Crippen LogP contribution in [0.3, 0.4) is 0 Å². The summed E-state index contributed by atoms with van der Waals surface area (Å²) in [4.78, 5) is 22.0. The van der Waals surface area contributed by atoms with E-state index < -0.39 is 4.92 Å². The molecule has 104 valence electrons. The predicted octanol–water partition coefficient (Wildman–Crippen LogP) is 1.67. The van der Waals surface area contributed by atoms with Crippen LogP contribution in [0, 0.1) is 10.1 Å². The van der Waals surface area contributed by atoms with Crippen molar-refractivity contribution in [2.75, 3.05) is 13.2 Å². The molecule has 8 heteroatoms. The van der Waals surface area contributed by atoms with E-state index in [2.05, 4.69) is 15.9 Å². The van der Waals surface area contributed by atoms with Gasteiger partial charge < -0.3 is 14.0 Å². The number of hydrogen-bond donors (Lipinski definition) is 0. The molecule has 0 aromatic carbocycles. The van der Waals surface area contributed by atoms with Crippen molar-refractivity contribution in [2.24, 2.45) is 0 Å². The fraction of sp³-hybridized carbons (Fsp3) is 0.545. The van der Waals surface area contributed by atoms with Crippen molar-refractivity contribution in [2.45, 2.75) is 25.7 Å². The molecule has 1 aliphatic rings. The van der Waals surface area contributed by atoms with Gasteiger partial charge in [0.2, 0.25) is 0 Å². The average Bonchev–Trinajstić information content (AvgIpc) is 2.41. The van der Waals surface area contributed by atoms with Gasteiger partial charge in [-0.1, -0.05) is 0 Å². The molecule has 0 atom stereocenters. The van der Waals surface area contributed by atoms with E-state index in [0.29, 0.717) is 26.2 Å². The van der Waals surface area contributed by atoms with Gasteiger partial charge in [-0.15, -0.1) is 0 Å². The zero-order chi connectivity index (χ0) is 13.8. The highest BCUT2D eigenvalue weighted by atomic mass is 79.9. The lowest BCUT2D eigenvalue weighted by molar-refractivity contribution is -0.385. The molecule has 0 radical (unpaired) electrons. The van der Waals surface area contributed by atoms with E-state index in [1.807, 2.05) is 0 Å². The van der Waals surface area contributed by atoms with Crippen LogP contribution in [0.1, 0.15) is 12.8 Å². The van der Waals surface area contributed by atoms with Crippen molar-refractivity contribution in [3.63, 3.8) is 0 Å². The van der Waals surface area contributed by atoms with Gasteiger partial charge in [0.05, 0.1) is 28.8 Å². The van der Waals surface area contributed by atoms with Gasteiger partial charge >= 0.3 is 0 Å². The molecule has 1 aromatic rings. The molecular formula is C11H13BrN2O5. The van der Waals surface area contributed by atoms with E-state index in [4.69, 9.17) is 9.47 Å². The first kappa shape index (κ1) is 14.2. The van der Waals surface area contributed by atoms with Gasteiger partial charge in [0.25, 0.3) is 11.2 Å². The lowest BCUT2D eigenvalue weighted by Crippen LogP contribution is -2.28. The number of aromatic nitrogens is 1. The van der Waals surface area contributed by atoms with Gasteiger partial charge in [0.1, 0.15) is 0 Å². The monoisotopic (exact) mass is 332 g/mol. The van der Waals surface area contributed by atoms with Gasteiger partial charge in [-0.2, -0.15) is 0 Å². The van der Waals surface area contributed by atoms with Crippen molar-refractivity contribution >= 4 is 21.6 Å². The highest BCUT2D eigenvalue weighted by Crippen LogP contribution is 2.15. The number of ether oxygens (including phenoxy) is 2. The summed E-state index contributed by atoms with van der Waals surface area (Å²) >= 11 is 3.03. The molecule has 1 aliphatic heterocycles. The largest absolute Gasteiger partial charge is 0.353 e. The molecule has 0 N–H and O–H groups in total. The molecule has 7 nitrogen and oxygen atoms in total. The SMILES string of the molecule is O=c1c(Br)cc([N+](=O)[O-])cn1CCC1OCCCO1. The lowest BCUT2D eigenvalue weighted by atomic mass is 10.3. The summed E-state index contributed by atoms with van der Waals surface area (Å²) in [6.07, 6.45) is 2.22. The van der Waals surface area contributed by atoms with Crippen molar-refractivity contribution in [3.05, 3.63) is 37.2 Å². The Morgan fingerprint density at radius 2 is 2.16 bits per heavy atom. The molecule has 0 bridgehead atoms. The van der Waals surface area contributed by atoms with Crippen LogP contribution in [-0.4, -0.2) is 29.0 Å². The minimum Gasteiger partial charge on any atom is -0.353 e. The number of hydrogen-bond acceptors (Lipinski definition) is 5. The summed E-state index contributed by atoms with van der Waals surface area (Å²) in [6, 6.07) is 1.20. The third kappa shape index (κ3) is 3.62. The van der Waals surface area contributed by atoms with Gasteiger partial charge in [-0.3, -0.25) is 14.9 Å². The second-order valence-corrected chi connectivity index (χ2v) is 4.97. The van der Waals surface area contributed by atoms with Crippen LogP contribution in [0.2, 0.25) is 0 Å². The first-order chi connectivity index (χ1) is 9.08. The van der Waals surface area contributed by atoms with Gasteiger partial charge in [-0.25, -0.2) is 0 Å². The number of halogens is 1. The maximum Gasteiger partial charge on any atom is 0.286 e. The summed E-state index contributed by atoms with van der Waals surface area (Å²) in [5.41, 5.74) is -0.432. The van der Waals surface area contributed by atoms with E-state index in [0.717, 1.165) is 6.42 Å². The maximum atomic E-state index is 11.8. The summed E-state index contributed by atoms with van der Waals surface area (Å²) in [7, 11) is 0. The molecule has 0 spiro atoms. The molecule has 2 rings (SSSR count). The van der Waals surface area contributed by atoms with Crippen LogP contribution >= 0.6 is 15.9 Å². The Labute approximate surface area is 117 Å². The van der Waals surface area contributed by atoms with E-state index in [1.54, 1.807) is 0 Å². The molecule has 2 heterocycles. The number of aryl methyl sites for hydroxylation is 1. The highest BCUT2D eigenvalue weighted by molar-refractivity contribution is 9.10. The van der Waals surface area contributed by atoms with E-state index in [9.17, 15) is 14.9 Å². The topological polar surface area (TPSA) is 83.6 Å². The first-order valence-corrected chi connectivity index (χ1v) is 6.65. The smallest absolute Gasteiger partial charge is 0.286 e. The predicted molar refractivity (Wildman–Crippen MR) is 70.0 cm³/mol. The van der Waals surface area contributed by atoms with Crippen molar-refractivity contribution in [1.29, 1.82) is 0 Å². The highest BCUT2D eigenvalue weighted by Gasteiger charge is 2.16. The molecule has 1 saturated heterocycles. The fourth-order valence-corrected chi connectivity index (χ4v) is 2.26. The molecule has 0 aliphatic carbocycles. The zero-order valence-corrected chi connectivity index (χ0v) is 11.7. The Hall–Kier alpha value is -1.25. The van der Waals surface area contributed by atoms with Crippen molar-refractivity contribution in [1.82, 2.24) is 4.57 Å². The third-order valence-electron chi connectivity index (χ3n) is 2.74. The standard InChI is InChI=1S/C11H13BrN2O5/c12-9-6-8(14(16)17)7-13(11(9)15)3-2-10-18-4-1-5-19-10/h6-7,10H,1-5H2. The average molecular weight is 333 g/mol. The summed E-state index contributed by atoms with van der Waals surface area (Å²) in [5, 5.41) is 10.7. The normalized spacial score (nSPS) is 16.5. The van der Waals surface area contributed by atoms with Crippen molar-refractivity contribution < 1.29 is 14.4 Å². The quantitative estimate of drug-likeness (QED) is 0.618. The Balaban J connectivity index is 2.10. The minimum atomic E-state index is -0.533. The molecule has 0 amide bonds. The van der Waals surface area contributed by atoms with Crippen LogP contribution in [0.25, 0.3) is 0 Å². The van der Waals surface area contributed by atoms with E-state index >= 15 is 0 Å². The Morgan fingerprint density at radius 1 is 1.47 bits per heavy atom. The fourth-order valence-electron chi connectivity index (χ4n) is 1.80. The van der Waals surface area contributed by atoms with E-state index in [-0.39, 0.29) is 22.0 Å². The molecule has 0 saturated carbocycles. The third-order valence-corrected chi connectivity index (χ3v) is 3.31. The number of rotatable bonds is 4. The van der Waals surface area contributed by atoms with Crippen LogP contribution in [0.5, 0.6) is 0 Å². The van der Waals surface area contributed by atoms with Crippen molar-refractivity contribution in [3.8, 4) is 0 Å². The number of nitro groups is 1.